The van der Waals surface area contributed by atoms with Crippen molar-refractivity contribution in [1.29, 1.82) is 0 Å². The predicted molar refractivity (Wildman–Crippen MR) is 75.9 cm³/mol. The smallest absolute Gasteiger partial charge is 0.184 e. The van der Waals surface area contributed by atoms with Gasteiger partial charge < -0.3 is 10.6 Å². The molecule has 0 aromatic rings. The Morgan fingerprint density at radius 3 is 1.78 bits per heavy atom. The standard InChI is InChI=1S/C9H20NO2S.C4H9.Y/c1-9(2,3)7-5-6-8-13(11,12)10-4;1-4(2)3;/h10H,4-8H2,1-3H3;1-3H3;/q2*-1;. The number of unbranched alkanes of at least 4 members (excludes halogenated alkanes) is 1. The summed E-state index contributed by atoms with van der Waals surface area (Å²) in [5.74, 6) is 1.60. The minimum Gasteiger partial charge on any atom is -0.368 e. The van der Waals surface area contributed by atoms with E-state index in [2.05, 4.69) is 53.3 Å². The molecule has 0 aliphatic heterocycles. The Morgan fingerprint density at radius 2 is 1.50 bits per heavy atom. The third-order valence-corrected chi connectivity index (χ3v) is 3.08. The second-order valence-corrected chi connectivity index (χ2v) is 7.91. The molecule has 0 unspecified atom stereocenters. The monoisotopic (exact) mass is 352 g/mol. The Bertz CT molecular complexity index is 266. The molecule has 0 rings (SSSR count). The summed E-state index contributed by atoms with van der Waals surface area (Å²) < 4.78 is 24.0. The molecule has 0 aromatic carbocycles. The first-order chi connectivity index (χ1) is 7.50. The Kier molecular flexibility index (Phi) is 15.8. The fraction of sp³-hybridized carbons (Fsp3) is 0.846. The summed E-state index contributed by atoms with van der Waals surface area (Å²) in [4.78, 5) is 0. The molecule has 3 nitrogen and oxygen atoms in total. The van der Waals surface area contributed by atoms with Gasteiger partial charge in [0.05, 0.1) is 5.75 Å². The van der Waals surface area contributed by atoms with Gasteiger partial charge in [0.1, 0.15) is 0 Å². The minimum absolute atomic E-state index is 0. The van der Waals surface area contributed by atoms with Crippen molar-refractivity contribution in [2.45, 2.75) is 60.8 Å². The zero-order chi connectivity index (χ0) is 14.1. The Morgan fingerprint density at radius 1 is 1.11 bits per heavy atom. The fourth-order valence-corrected chi connectivity index (χ4v) is 1.75. The van der Waals surface area contributed by atoms with Crippen LogP contribution in [0.1, 0.15) is 60.8 Å². The van der Waals surface area contributed by atoms with Crippen molar-refractivity contribution in [3.05, 3.63) is 13.0 Å². The third-order valence-electron chi connectivity index (χ3n) is 1.81. The molecule has 0 saturated heterocycles. The van der Waals surface area contributed by atoms with Crippen LogP contribution in [-0.4, -0.2) is 14.2 Å². The SMILES string of the molecule is C[C-](C)C.[CH2-]NS(=O)(=O)CCCCC(C)(C)C.[Y]. The van der Waals surface area contributed by atoms with Gasteiger partial charge in [0.2, 0.25) is 0 Å². The van der Waals surface area contributed by atoms with Crippen LogP contribution in [0.4, 0.5) is 0 Å². The van der Waals surface area contributed by atoms with Crippen LogP contribution in [0.25, 0.3) is 0 Å². The van der Waals surface area contributed by atoms with Crippen molar-refractivity contribution < 1.29 is 41.1 Å². The predicted octanol–water partition coefficient (Wildman–Crippen LogP) is 3.53. The minimum atomic E-state index is -3.10. The fourth-order valence-electron chi connectivity index (χ4n) is 1.02. The maximum Gasteiger partial charge on any atom is 0.184 e. The molecular formula is C13H29NO2SY-2. The van der Waals surface area contributed by atoms with Gasteiger partial charge in [0.25, 0.3) is 0 Å². The van der Waals surface area contributed by atoms with E-state index in [9.17, 15) is 8.42 Å². The number of sulfonamides is 1. The van der Waals surface area contributed by atoms with E-state index in [0.717, 1.165) is 12.8 Å². The van der Waals surface area contributed by atoms with Crippen molar-refractivity contribution in [3.8, 4) is 0 Å². The largest absolute Gasteiger partial charge is 0.368 e. The Hall–Kier alpha value is 1.01. The maximum atomic E-state index is 11.0. The first kappa shape index (κ1) is 24.1. The molecule has 0 bridgehead atoms. The van der Waals surface area contributed by atoms with E-state index >= 15 is 0 Å². The molecule has 1 radical (unpaired) electrons. The van der Waals surface area contributed by atoms with Crippen LogP contribution in [0.3, 0.4) is 0 Å². The van der Waals surface area contributed by atoms with E-state index in [-0.39, 0.29) is 38.5 Å². The van der Waals surface area contributed by atoms with Crippen LogP contribution < -0.4 is 4.72 Å². The van der Waals surface area contributed by atoms with E-state index in [4.69, 9.17) is 0 Å². The Labute approximate surface area is 140 Å². The molecule has 0 aliphatic rings. The van der Waals surface area contributed by atoms with Gasteiger partial charge in [-0.1, -0.05) is 27.2 Å². The van der Waals surface area contributed by atoms with E-state index in [1.54, 1.807) is 0 Å². The normalized spacial score (nSPS) is 11.6. The summed E-state index contributed by atoms with van der Waals surface area (Å²) >= 11 is 0. The van der Waals surface area contributed by atoms with Gasteiger partial charge in [0.15, 0.2) is 10.0 Å². The molecule has 109 valence electrons. The number of hydrogen-bond donors (Lipinski definition) is 1. The van der Waals surface area contributed by atoms with Crippen LogP contribution in [0.15, 0.2) is 0 Å². The van der Waals surface area contributed by atoms with E-state index in [1.807, 2.05) is 0 Å². The number of rotatable bonds is 5. The summed E-state index contributed by atoms with van der Waals surface area (Å²) in [5, 5.41) is 0. The van der Waals surface area contributed by atoms with Crippen molar-refractivity contribution in [2.75, 3.05) is 5.75 Å². The quantitative estimate of drug-likeness (QED) is 0.608. The van der Waals surface area contributed by atoms with Crippen molar-refractivity contribution in [1.82, 2.24) is 4.72 Å². The second-order valence-electron chi connectivity index (χ2n) is 5.98. The van der Waals surface area contributed by atoms with Crippen LogP contribution in [0.5, 0.6) is 0 Å². The molecule has 0 spiro atoms. The van der Waals surface area contributed by atoms with Gasteiger partial charge >= 0.3 is 0 Å². The second kappa shape index (κ2) is 11.8. The summed E-state index contributed by atoms with van der Waals surface area (Å²) in [6, 6.07) is 0. The van der Waals surface area contributed by atoms with Gasteiger partial charge in [-0.2, -0.15) is 20.8 Å². The van der Waals surface area contributed by atoms with Crippen molar-refractivity contribution in [3.63, 3.8) is 0 Å². The van der Waals surface area contributed by atoms with E-state index in [0.29, 0.717) is 11.8 Å². The van der Waals surface area contributed by atoms with Crippen LogP contribution in [0.2, 0.25) is 0 Å². The molecule has 0 aromatic heterocycles. The van der Waals surface area contributed by atoms with Crippen LogP contribution in [-0.2, 0) is 42.7 Å². The molecular weight excluding hydrogens is 323 g/mol. The topological polar surface area (TPSA) is 46.2 Å². The average molecular weight is 352 g/mol. The van der Waals surface area contributed by atoms with Gasteiger partial charge in [-0.25, -0.2) is 8.42 Å². The number of nitrogens with one attached hydrogen (secondary N) is 1. The molecule has 0 atom stereocenters. The van der Waals surface area contributed by atoms with Gasteiger partial charge in [-0.15, -0.1) is 0 Å². The zero-order valence-corrected chi connectivity index (χ0v) is 16.5. The molecule has 5 heteroatoms. The van der Waals surface area contributed by atoms with Crippen LogP contribution >= 0.6 is 0 Å². The average Bonchev–Trinajstić information content (AvgIpc) is 2.10. The van der Waals surface area contributed by atoms with Gasteiger partial charge in [0, 0.05) is 32.7 Å². The van der Waals surface area contributed by atoms with Crippen molar-refractivity contribution >= 4 is 10.0 Å². The molecule has 0 heterocycles. The Balaban J connectivity index is -0.000000392. The summed E-state index contributed by atoms with van der Waals surface area (Å²) in [5.41, 5.74) is 0.293. The summed E-state index contributed by atoms with van der Waals surface area (Å²) in [6.07, 6.45) is 2.71. The van der Waals surface area contributed by atoms with Crippen LogP contribution in [0, 0.1) is 18.4 Å². The maximum absolute atomic E-state index is 11.0. The van der Waals surface area contributed by atoms with Gasteiger partial charge in [-0.05, 0) is 18.3 Å². The van der Waals surface area contributed by atoms with E-state index in [1.165, 1.54) is 5.92 Å². The van der Waals surface area contributed by atoms with Crippen molar-refractivity contribution in [2.24, 2.45) is 5.41 Å². The van der Waals surface area contributed by atoms with E-state index < -0.39 is 10.0 Å². The summed E-state index contributed by atoms with van der Waals surface area (Å²) in [7, 11) is 0.0486. The first-order valence-corrected chi connectivity index (χ1v) is 7.69. The molecule has 1 N–H and O–H groups in total. The summed E-state index contributed by atoms with van der Waals surface area (Å²) in [6.45, 7) is 12.7. The molecule has 0 aliphatic carbocycles. The zero-order valence-electron chi connectivity index (χ0n) is 12.8. The number of hydrogen-bond acceptors (Lipinski definition) is 2. The molecule has 18 heavy (non-hydrogen) atoms. The molecule has 0 saturated carbocycles. The molecule has 0 fully saturated rings. The molecule has 0 amide bonds. The first-order valence-electron chi connectivity index (χ1n) is 6.03. The van der Waals surface area contributed by atoms with Gasteiger partial charge in [-0.3, -0.25) is 7.05 Å². The third kappa shape index (κ3) is 25.8.